The van der Waals surface area contributed by atoms with Crippen molar-refractivity contribution in [2.75, 3.05) is 0 Å². The van der Waals surface area contributed by atoms with Crippen molar-refractivity contribution >= 4 is 45.8 Å². The molecule has 1 fully saturated rings. The third-order valence-electron chi connectivity index (χ3n) is 2.48. The number of aliphatic carboxylic acids is 1. The Morgan fingerprint density at radius 2 is 2.25 bits per heavy atom. The molecule has 0 aliphatic heterocycles. The van der Waals surface area contributed by atoms with Crippen LogP contribution in [-0.4, -0.2) is 23.0 Å². The van der Waals surface area contributed by atoms with Crippen molar-refractivity contribution in [3.63, 3.8) is 0 Å². The van der Waals surface area contributed by atoms with Gasteiger partial charge in [0.15, 0.2) is 0 Å². The SMILES string of the molecule is O=C(NC(C(=O)O)C1CC1)c1csc(I)c1. The van der Waals surface area contributed by atoms with Crippen molar-refractivity contribution < 1.29 is 14.7 Å². The number of nitrogens with one attached hydrogen (secondary N) is 1. The maximum absolute atomic E-state index is 11.7. The molecule has 1 aliphatic carbocycles. The Hall–Kier alpha value is -0.630. The number of carbonyl (C=O) groups excluding carboxylic acids is 1. The summed E-state index contributed by atoms with van der Waals surface area (Å²) < 4.78 is 1.01. The van der Waals surface area contributed by atoms with Gasteiger partial charge in [-0.25, -0.2) is 4.79 Å². The van der Waals surface area contributed by atoms with E-state index in [0.29, 0.717) is 5.56 Å². The molecule has 1 heterocycles. The molecule has 6 heteroatoms. The monoisotopic (exact) mass is 351 g/mol. The second-order valence-electron chi connectivity index (χ2n) is 3.77. The molecule has 86 valence electrons. The van der Waals surface area contributed by atoms with Crippen LogP contribution in [0.1, 0.15) is 23.2 Å². The molecule has 1 amide bonds. The Bertz CT molecular complexity index is 427. The standard InChI is InChI=1S/C10H10INO3S/c11-7-3-6(4-16-7)9(13)12-8(10(14)15)5-1-2-5/h3-5,8H,1-2H2,(H,12,13)(H,14,15). The number of thiophene rings is 1. The molecule has 0 aromatic carbocycles. The van der Waals surface area contributed by atoms with Gasteiger partial charge in [-0.15, -0.1) is 11.3 Å². The first kappa shape index (κ1) is 11.8. The van der Waals surface area contributed by atoms with Crippen LogP contribution in [0.5, 0.6) is 0 Å². The summed E-state index contributed by atoms with van der Waals surface area (Å²) in [5, 5.41) is 13.3. The summed E-state index contributed by atoms with van der Waals surface area (Å²) in [6.45, 7) is 0. The number of rotatable bonds is 4. The van der Waals surface area contributed by atoms with E-state index in [9.17, 15) is 9.59 Å². The first-order valence-corrected chi connectivity index (χ1v) is 6.81. The highest BCUT2D eigenvalue weighted by Gasteiger charge is 2.37. The molecule has 4 nitrogen and oxygen atoms in total. The number of amides is 1. The molecular formula is C10H10INO3S. The summed E-state index contributed by atoms with van der Waals surface area (Å²) in [5.74, 6) is -1.13. The molecule has 1 unspecified atom stereocenters. The summed E-state index contributed by atoms with van der Waals surface area (Å²) in [5.41, 5.74) is 0.543. The van der Waals surface area contributed by atoms with Gasteiger partial charge >= 0.3 is 5.97 Å². The minimum atomic E-state index is -0.944. The summed E-state index contributed by atoms with van der Waals surface area (Å²) >= 11 is 3.60. The van der Waals surface area contributed by atoms with E-state index in [-0.39, 0.29) is 11.8 Å². The van der Waals surface area contributed by atoms with E-state index in [2.05, 4.69) is 27.9 Å². The Labute approximate surface area is 110 Å². The van der Waals surface area contributed by atoms with Crippen molar-refractivity contribution in [2.24, 2.45) is 5.92 Å². The zero-order valence-corrected chi connectivity index (χ0v) is 11.2. The predicted molar refractivity (Wildman–Crippen MR) is 68.7 cm³/mol. The first-order chi connectivity index (χ1) is 7.58. The molecular weight excluding hydrogens is 341 g/mol. The van der Waals surface area contributed by atoms with E-state index in [0.717, 1.165) is 15.7 Å². The summed E-state index contributed by atoms with van der Waals surface area (Å²) in [6, 6.07) is 1.02. The van der Waals surface area contributed by atoms with Crippen molar-refractivity contribution in [1.82, 2.24) is 5.32 Å². The molecule has 1 aliphatic rings. The Balaban J connectivity index is 2.02. The molecule has 1 atom stereocenters. The number of hydrogen-bond donors (Lipinski definition) is 2. The molecule has 0 spiro atoms. The Kier molecular flexibility index (Phi) is 3.48. The van der Waals surface area contributed by atoms with Crippen molar-refractivity contribution in [3.8, 4) is 0 Å². The molecule has 1 aromatic heterocycles. The van der Waals surface area contributed by atoms with E-state index in [1.54, 1.807) is 11.4 Å². The second-order valence-corrected chi connectivity index (χ2v) is 6.57. The first-order valence-electron chi connectivity index (χ1n) is 4.85. The molecule has 2 N–H and O–H groups in total. The molecule has 0 radical (unpaired) electrons. The van der Waals surface area contributed by atoms with E-state index >= 15 is 0 Å². The highest BCUT2D eigenvalue weighted by molar-refractivity contribution is 14.1. The zero-order valence-electron chi connectivity index (χ0n) is 8.27. The minimum Gasteiger partial charge on any atom is -0.480 e. The topological polar surface area (TPSA) is 66.4 Å². The van der Waals surface area contributed by atoms with Gasteiger partial charge in [0.2, 0.25) is 0 Å². The number of carbonyl (C=O) groups is 2. The van der Waals surface area contributed by atoms with Gasteiger partial charge in [-0.05, 0) is 47.4 Å². The van der Waals surface area contributed by atoms with E-state index in [1.165, 1.54) is 11.3 Å². The third kappa shape index (κ3) is 2.73. The Morgan fingerprint density at radius 1 is 1.56 bits per heavy atom. The van der Waals surface area contributed by atoms with Crippen LogP contribution in [0, 0.1) is 8.80 Å². The van der Waals surface area contributed by atoms with Gasteiger partial charge in [0.05, 0.1) is 8.45 Å². The second kappa shape index (κ2) is 4.70. The fourth-order valence-electron chi connectivity index (χ4n) is 1.46. The van der Waals surface area contributed by atoms with Crippen LogP contribution in [0.2, 0.25) is 0 Å². The van der Waals surface area contributed by atoms with Crippen LogP contribution in [0.3, 0.4) is 0 Å². The number of halogens is 1. The van der Waals surface area contributed by atoms with Crippen LogP contribution in [-0.2, 0) is 4.79 Å². The number of hydrogen-bond acceptors (Lipinski definition) is 3. The number of carboxylic acid groups (broad SMARTS) is 1. The van der Waals surface area contributed by atoms with Crippen molar-refractivity contribution in [1.29, 1.82) is 0 Å². The highest BCUT2D eigenvalue weighted by Crippen LogP contribution is 2.33. The molecule has 0 saturated heterocycles. The molecule has 1 saturated carbocycles. The van der Waals surface area contributed by atoms with E-state index in [1.807, 2.05) is 0 Å². The van der Waals surface area contributed by atoms with Crippen LogP contribution < -0.4 is 5.32 Å². The lowest BCUT2D eigenvalue weighted by molar-refractivity contribution is -0.139. The number of carboxylic acids is 1. The third-order valence-corrected chi connectivity index (χ3v) is 4.26. The zero-order chi connectivity index (χ0) is 11.7. The van der Waals surface area contributed by atoms with Crippen LogP contribution in [0.15, 0.2) is 11.4 Å². The molecule has 2 rings (SSSR count). The summed E-state index contributed by atoms with van der Waals surface area (Å²) in [6.07, 6.45) is 1.77. The summed E-state index contributed by atoms with van der Waals surface area (Å²) in [7, 11) is 0. The fraction of sp³-hybridized carbons (Fsp3) is 0.400. The molecule has 0 bridgehead atoms. The maximum atomic E-state index is 11.7. The average Bonchev–Trinajstić information content (AvgIpc) is 2.96. The van der Waals surface area contributed by atoms with Gasteiger partial charge in [0.1, 0.15) is 6.04 Å². The van der Waals surface area contributed by atoms with Gasteiger partial charge in [0.25, 0.3) is 5.91 Å². The van der Waals surface area contributed by atoms with Crippen molar-refractivity contribution in [2.45, 2.75) is 18.9 Å². The van der Waals surface area contributed by atoms with Crippen molar-refractivity contribution in [3.05, 3.63) is 19.9 Å². The smallest absolute Gasteiger partial charge is 0.326 e. The maximum Gasteiger partial charge on any atom is 0.326 e. The van der Waals surface area contributed by atoms with Gasteiger partial charge < -0.3 is 10.4 Å². The highest BCUT2D eigenvalue weighted by atomic mass is 127. The average molecular weight is 351 g/mol. The predicted octanol–water partition coefficient (Wildman–Crippen LogP) is 1.95. The minimum absolute atomic E-state index is 0.110. The molecule has 1 aromatic rings. The van der Waals surface area contributed by atoms with Crippen LogP contribution >= 0.6 is 33.9 Å². The lowest BCUT2D eigenvalue weighted by Gasteiger charge is -2.12. The lowest BCUT2D eigenvalue weighted by Crippen LogP contribution is -2.42. The molecule has 16 heavy (non-hydrogen) atoms. The summed E-state index contributed by atoms with van der Waals surface area (Å²) in [4.78, 5) is 22.7. The van der Waals surface area contributed by atoms with Gasteiger partial charge in [0, 0.05) is 5.38 Å². The van der Waals surface area contributed by atoms with E-state index < -0.39 is 12.0 Å². The quantitative estimate of drug-likeness (QED) is 0.815. The van der Waals surface area contributed by atoms with Gasteiger partial charge in [-0.2, -0.15) is 0 Å². The Morgan fingerprint density at radius 3 is 2.69 bits per heavy atom. The lowest BCUT2D eigenvalue weighted by atomic mass is 10.2. The normalized spacial score (nSPS) is 16.8. The van der Waals surface area contributed by atoms with Gasteiger partial charge in [-0.3, -0.25) is 4.79 Å². The van der Waals surface area contributed by atoms with E-state index in [4.69, 9.17) is 5.11 Å². The van der Waals surface area contributed by atoms with Crippen LogP contribution in [0.25, 0.3) is 0 Å². The van der Waals surface area contributed by atoms with Crippen LogP contribution in [0.4, 0.5) is 0 Å². The largest absolute Gasteiger partial charge is 0.480 e. The van der Waals surface area contributed by atoms with Gasteiger partial charge in [-0.1, -0.05) is 0 Å². The fourth-order valence-corrected chi connectivity index (χ4v) is 2.79.